The predicted molar refractivity (Wildman–Crippen MR) is 119 cm³/mol. The van der Waals surface area contributed by atoms with Gasteiger partial charge in [-0.05, 0) is 39.7 Å². The van der Waals surface area contributed by atoms with Crippen molar-refractivity contribution in [3.8, 4) is 0 Å². The van der Waals surface area contributed by atoms with Crippen molar-refractivity contribution in [2.75, 3.05) is 27.3 Å². The summed E-state index contributed by atoms with van der Waals surface area (Å²) in [6.07, 6.45) is 0.786. The Hall–Kier alpha value is -2.58. The van der Waals surface area contributed by atoms with Gasteiger partial charge in [-0.15, -0.1) is 5.53 Å². The van der Waals surface area contributed by atoms with E-state index in [1.54, 1.807) is 0 Å². The van der Waals surface area contributed by atoms with Crippen LogP contribution in [0.4, 0.5) is 23.3 Å². The van der Waals surface area contributed by atoms with Crippen molar-refractivity contribution in [3.63, 3.8) is 0 Å². The Morgan fingerprint density at radius 3 is 2.31 bits per heavy atom. The fraction of sp³-hybridized carbons (Fsp3) is 0.524. The van der Waals surface area contributed by atoms with Gasteiger partial charge in [0, 0.05) is 18.6 Å². The van der Waals surface area contributed by atoms with E-state index in [-0.39, 0.29) is 24.7 Å². The third-order valence-electron chi connectivity index (χ3n) is 4.93. The molecule has 0 bridgehead atoms. The van der Waals surface area contributed by atoms with Gasteiger partial charge in [0.1, 0.15) is 5.69 Å². The average molecular weight is 400 g/mol. The first-order valence-corrected chi connectivity index (χ1v) is 10.4. The van der Waals surface area contributed by atoms with E-state index in [0.29, 0.717) is 12.5 Å². The minimum atomic E-state index is -0.0851. The van der Waals surface area contributed by atoms with Crippen molar-refractivity contribution in [3.05, 3.63) is 35.9 Å². The van der Waals surface area contributed by atoms with E-state index in [1.807, 2.05) is 25.1 Å². The average Bonchev–Trinajstić information content (AvgIpc) is 3.11. The molecule has 2 aromatic rings. The number of hydrazine groups is 2. The van der Waals surface area contributed by atoms with Crippen molar-refractivity contribution < 1.29 is 5.11 Å². The fourth-order valence-electron chi connectivity index (χ4n) is 3.21. The number of aromatic nitrogens is 2. The maximum atomic E-state index is 9.59. The Kier molecular flexibility index (Phi) is 6.76. The molecule has 3 rings (SSSR count). The van der Waals surface area contributed by atoms with Crippen LogP contribution in [0.3, 0.4) is 0 Å². The Labute approximate surface area is 173 Å². The van der Waals surface area contributed by atoms with Crippen LogP contribution in [0.1, 0.15) is 46.6 Å². The summed E-state index contributed by atoms with van der Waals surface area (Å²) in [5.74, 6) is 2.10. The smallest absolute Gasteiger partial charge is 0.227 e. The molecular weight excluding hydrogens is 366 g/mol. The molecule has 1 aliphatic heterocycles. The summed E-state index contributed by atoms with van der Waals surface area (Å²) in [4.78, 5) is 9.56. The predicted octanol–water partition coefficient (Wildman–Crippen LogP) is 3.13. The van der Waals surface area contributed by atoms with Crippen LogP contribution in [0.15, 0.2) is 30.3 Å². The molecule has 8 heteroatoms. The van der Waals surface area contributed by atoms with Gasteiger partial charge < -0.3 is 15.7 Å². The summed E-state index contributed by atoms with van der Waals surface area (Å²) in [5, 5.41) is 20.5. The SMILES string of the molecule is CCC(CO)Nc1nc(NCc2ccccc2)c2c(n1)N(C(C)C)NN2C(C)C. The molecule has 0 aliphatic carbocycles. The Bertz CT molecular complexity index is 793. The largest absolute Gasteiger partial charge is 0.394 e. The maximum Gasteiger partial charge on any atom is 0.227 e. The van der Waals surface area contributed by atoms with Crippen molar-refractivity contribution >= 4 is 23.3 Å². The van der Waals surface area contributed by atoms with E-state index >= 15 is 0 Å². The molecule has 1 aromatic carbocycles. The molecule has 0 spiro atoms. The zero-order valence-electron chi connectivity index (χ0n) is 18.0. The second kappa shape index (κ2) is 9.28. The van der Waals surface area contributed by atoms with Gasteiger partial charge in [0.25, 0.3) is 0 Å². The molecule has 0 saturated heterocycles. The van der Waals surface area contributed by atoms with Crippen LogP contribution in [0.5, 0.6) is 0 Å². The van der Waals surface area contributed by atoms with Crippen LogP contribution in [-0.2, 0) is 6.54 Å². The molecule has 0 fully saturated rings. The summed E-state index contributed by atoms with van der Waals surface area (Å²) >= 11 is 0. The van der Waals surface area contributed by atoms with Crippen molar-refractivity contribution in [1.29, 1.82) is 0 Å². The monoisotopic (exact) mass is 399 g/mol. The van der Waals surface area contributed by atoms with Gasteiger partial charge in [0.2, 0.25) is 5.95 Å². The number of nitrogens with one attached hydrogen (secondary N) is 3. The Morgan fingerprint density at radius 1 is 1.03 bits per heavy atom. The molecule has 0 radical (unpaired) electrons. The van der Waals surface area contributed by atoms with Crippen molar-refractivity contribution in [2.45, 2.75) is 65.7 Å². The third kappa shape index (κ3) is 4.71. The van der Waals surface area contributed by atoms with Gasteiger partial charge in [0.05, 0.1) is 12.6 Å². The summed E-state index contributed by atoms with van der Waals surface area (Å²) in [5.41, 5.74) is 5.57. The molecule has 1 atom stereocenters. The molecule has 1 aromatic heterocycles. The second-order valence-electron chi connectivity index (χ2n) is 7.87. The molecule has 29 heavy (non-hydrogen) atoms. The number of hydrogen-bond acceptors (Lipinski definition) is 8. The van der Waals surface area contributed by atoms with Crippen LogP contribution in [0, 0.1) is 0 Å². The summed E-state index contributed by atoms with van der Waals surface area (Å²) < 4.78 is 0. The highest BCUT2D eigenvalue weighted by molar-refractivity contribution is 5.83. The van der Waals surface area contributed by atoms with Crippen LogP contribution in [-0.4, -0.2) is 39.8 Å². The van der Waals surface area contributed by atoms with E-state index < -0.39 is 0 Å². The Balaban J connectivity index is 2.01. The van der Waals surface area contributed by atoms with E-state index in [4.69, 9.17) is 9.97 Å². The first-order valence-electron chi connectivity index (χ1n) is 10.4. The summed E-state index contributed by atoms with van der Waals surface area (Å²) in [7, 11) is 0. The van der Waals surface area contributed by atoms with E-state index in [2.05, 4.69) is 66.0 Å². The lowest BCUT2D eigenvalue weighted by molar-refractivity contribution is 0.271. The first kappa shape index (κ1) is 21.1. The number of anilines is 4. The lowest BCUT2D eigenvalue weighted by Gasteiger charge is -2.27. The summed E-state index contributed by atoms with van der Waals surface area (Å²) in [6.45, 7) is 11.2. The molecule has 2 heterocycles. The van der Waals surface area contributed by atoms with Gasteiger partial charge in [0.15, 0.2) is 11.6 Å². The number of hydrogen-bond donors (Lipinski definition) is 4. The quantitative estimate of drug-likeness (QED) is 0.511. The van der Waals surface area contributed by atoms with Gasteiger partial charge in [-0.2, -0.15) is 9.97 Å². The molecule has 0 saturated carbocycles. The lowest BCUT2D eigenvalue weighted by Crippen LogP contribution is -2.50. The van der Waals surface area contributed by atoms with Crippen LogP contribution in [0.25, 0.3) is 0 Å². The molecule has 1 aliphatic rings. The number of nitrogens with zero attached hydrogens (tertiary/aromatic N) is 4. The molecule has 4 N–H and O–H groups in total. The molecule has 158 valence electrons. The lowest BCUT2D eigenvalue weighted by atomic mass is 10.2. The normalized spacial score (nSPS) is 14.5. The molecule has 8 nitrogen and oxygen atoms in total. The first-order chi connectivity index (χ1) is 13.9. The van der Waals surface area contributed by atoms with Gasteiger partial charge in [-0.1, -0.05) is 37.3 Å². The highest BCUT2D eigenvalue weighted by atomic mass is 16.3. The van der Waals surface area contributed by atoms with Crippen LogP contribution >= 0.6 is 0 Å². The standard InChI is InChI=1S/C21H33N7O/c1-6-17(13-29)23-21-24-19(22-12-16-10-8-7-9-11-16)18-20(25-21)28(15(4)5)26-27(18)14(2)3/h7-11,14-15,17,26,29H,6,12-13H2,1-5H3,(H2,22,23,24,25). The molecular formula is C21H33N7O. The van der Waals surface area contributed by atoms with Gasteiger partial charge in [-0.25, -0.2) is 0 Å². The zero-order valence-corrected chi connectivity index (χ0v) is 18.0. The topological polar surface area (TPSA) is 88.6 Å². The van der Waals surface area contributed by atoms with E-state index in [0.717, 1.165) is 23.7 Å². The summed E-state index contributed by atoms with van der Waals surface area (Å²) in [6, 6.07) is 10.6. The minimum absolute atomic E-state index is 0.0357. The zero-order chi connectivity index (χ0) is 21.0. The minimum Gasteiger partial charge on any atom is -0.394 e. The number of benzene rings is 1. The number of fused-ring (bicyclic) bond motifs is 1. The van der Waals surface area contributed by atoms with E-state index in [9.17, 15) is 5.11 Å². The highest BCUT2D eigenvalue weighted by Gasteiger charge is 2.34. The van der Waals surface area contributed by atoms with Crippen LogP contribution in [0.2, 0.25) is 0 Å². The second-order valence-corrected chi connectivity index (χ2v) is 7.87. The van der Waals surface area contributed by atoms with Crippen molar-refractivity contribution in [1.82, 2.24) is 15.5 Å². The fourth-order valence-corrected chi connectivity index (χ4v) is 3.21. The van der Waals surface area contributed by atoms with Gasteiger partial charge in [-0.3, -0.25) is 10.0 Å². The molecule has 1 unspecified atom stereocenters. The van der Waals surface area contributed by atoms with Crippen molar-refractivity contribution in [2.24, 2.45) is 0 Å². The van der Waals surface area contributed by atoms with Crippen LogP contribution < -0.4 is 26.2 Å². The van der Waals surface area contributed by atoms with Gasteiger partial charge >= 0.3 is 0 Å². The number of rotatable bonds is 9. The third-order valence-corrected chi connectivity index (χ3v) is 4.93. The maximum absolute atomic E-state index is 9.59. The van der Waals surface area contributed by atoms with E-state index in [1.165, 1.54) is 5.56 Å². The number of aliphatic hydroxyl groups excluding tert-OH is 1. The number of aliphatic hydroxyl groups is 1. The molecule has 0 amide bonds. The highest BCUT2D eigenvalue weighted by Crippen LogP contribution is 2.40. The Morgan fingerprint density at radius 2 is 1.72 bits per heavy atom.